The highest BCUT2D eigenvalue weighted by Crippen LogP contribution is 2.59. The number of rotatable bonds is 6. The second-order valence-electron chi connectivity index (χ2n) is 10.6. The van der Waals surface area contributed by atoms with Crippen LogP contribution in [0.4, 0.5) is 11.4 Å². The number of ether oxygens (including phenoxy) is 1. The van der Waals surface area contributed by atoms with Gasteiger partial charge in [0.2, 0.25) is 5.91 Å². The molecule has 190 valence electrons. The first-order valence-electron chi connectivity index (χ1n) is 12.4. The van der Waals surface area contributed by atoms with Crippen molar-refractivity contribution in [3.63, 3.8) is 0 Å². The van der Waals surface area contributed by atoms with Crippen molar-refractivity contribution < 1.29 is 24.2 Å². The van der Waals surface area contributed by atoms with Crippen LogP contribution in [0.25, 0.3) is 10.9 Å². The lowest BCUT2D eigenvalue weighted by molar-refractivity contribution is -0.146. The third-order valence-corrected chi connectivity index (χ3v) is 10.3. The molecule has 36 heavy (non-hydrogen) atoms. The summed E-state index contributed by atoms with van der Waals surface area (Å²) in [5, 5.41) is 13.7. The lowest BCUT2D eigenvalue weighted by Gasteiger charge is -2.32. The molecular weight excluding hydrogens is 474 g/mol. The maximum absolute atomic E-state index is 13.7. The number of nitrogens with zero attached hydrogens (tertiary/aromatic N) is 1. The van der Waals surface area contributed by atoms with Gasteiger partial charge in [-0.1, -0.05) is 25.1 Å². The topological polar surface area (TPSA) is 115 Å². The van der Waals surface area contributed by atoms with Crippen LogP contribution in [0.5, 0.6) is 0 Å². The third kappa shape index (κ3) is 3.78. The number of carbonyl (C=O) groups is 2. The molecule has 1 aromatic heterocycles. The number of fused-ring (bicyclic) bond motifs is 3. The molecule has 2 aliphatic heterocycles. The first kappa shape index (κ1) is 24.7. The molecule has 1 spiro atoms. The van der Waals surface area contributed by atoms with E-state index in [9.17, 15) is 19.5 Å². The number of aromatic nitrogens is 1. The van der Waals surface area contributed by atoms with Gasteiger partial charge in [0.25, 0.3) is 5.91 Å². The van der Waals surface area contributed by atoms with Gasteiger partial charge in [0.15, 0.2) is 13.9 Å². The summed E-state index contributed by atoms with van der Waals surface area (Å²) in [5.41, 5.74) is 2.40. The average Bonchev–Trinajstić information content (AvgIpc) is 3.42. The van der Waals surface area contributed by atoms with Gasteiger partial charge in [-0.05, 0) is 49.3 Å². The summed E-state index contributed by atoms with van der Waals surface area (Å²) in [5.74, 6) is -0.642. The molecule has 3 heterocycles. The minimum absolute atomic E-state index is 0.0880. The zero-order valence-corrected chi connectivity index (χ0v) is 22.0. The van der Waals surface area contributed by atoms with Gasteiger partial charge in [-0.2, -0.15) is 0 Å². The van der Waals surface area contributed by atoms with Crippen LogP contribution in [0, 0.1) is 5.92 Å². The number of anilines is 2. The number of hydrogen-bond acceptors (Lipinski definition) is 5. The zero-order chi connectivity index (χ0) is 25.8. The fourth-order valence-electron chi connectivity index (χ4n) is 6.31. The Kier molecular flexibility index (Phi) is 6.07. The second kappa shape index (κ2) is 8.84. The van der Waals surface area contributed by atoms with Crippen molar-refractivity contribution in [3.05, 3.63) is 59.8 Å². The minimum atomic E-state index is -2.73. The van der Waals surface area contributed by atoms with Crippen molar-refractivity contribution >= 4 is 42.4 Å². The van der Waals surface area contributed by atoms with Crippen molar-refractivity contribution in [2.75, 3.05) is 23.9 Å². The zero-order valence-electron chi connectivity index (χ0n) is 21.0. The molecule has 1 saturated heterocycles. The molecular formula is C27H33N3O5Si. The molecule has 4 N–H and O–H groups in total. The van der Waals surface area contributed by atoms with Crippen LogP contribution in [0.3, 0.4) is 0 Å². The predicted molar refractivity (Wildman–Crippen MR) is 141 cm³/mol. The van der Waals surface area contributed by atoms with Crippen LogP contribution in [-0.4, -0.2) is 54.8 Å². The Morgan fingerprint density at radius 3 is 2.72 bits per heavy atom. The Hall–Kier alpha value is -2.98. The quantitative estimate of drug-likeness (QED) is 0.381. The molecule has 0 aliphatic carbocycles. The summed E-state index contributed by atoms with van der Waals surface area (Å²) < 4.78 is 6.51. The van der Waals surface area contributed by atoms with E-state index in [1.165, 1.54) is 0 Å². The van der Waals surface area contributed by atoms with Crippen LogP contribution in [0.15, 0.2) is 48.7 Å². The van der Waals surface area contributed by atoms with Gasteiger partial charge < -0.3 is 29.8 Å². The molecule has 2 aromatic carbocycles. The Balaban J connectivity index is 1.47. The van der Waals surface area contributed by atoms with Crippen molar-refractivity contribution in [2.24, 2.45) is 5.92 Å². The monoisotopic (exact) mass is 507 g/mol. The molecule has 0 saturated carbocycles. The van der Waals surface area contributed by atoms with E-state index in [1.54, 1.807) is 18.0 Å². The van der Waals surface area contributed by atoms with E-state index in [0.717, 1.165) is 22.2 Å². The number of nitrogens with one attached hydrogen (secondary N) is 2. The van der Waals surface area contributed by atoms with E-state index < -0.39 is 20.0 Å². The van der Waals surface area contributed by atoms with Crippen molar-refractivity contribution in [2.45, 2.75) is 50.1 Å². The molecule has 0 bridgehead atoms. The van der Waals surface area contributed by atoms with Crippen LogP contribution < -0.4 is 10.2 Å². The van der Waals surface area contributed by atoms with Crippen LogP contribution in [-0.2, 0) is 26.3 Å². The van der Waals surface area contributed by atoms with E-state index in [0.29, 0.717) is 17.7 Å². The summed E-state index contributed by atoms with van der Waals surface area (Å²) in [6.45, 7) is 5.57. The van der Waals surface area contributed by atoms with E-state index in [1.807, 2.05) is 62.6 Å². The SMILES string of the molecule is C[C@H]1[C@H]([Si](C)(C)O)[C@@H](CCO)O[C@]12C(=O)N(C)c1ccc(NC(=O)Cc3c[nH]c4ccccc34)cc12. The number of hydrogen-bond donors (Lipinski definition) is 4. The van der Waals surface area contributed by atoms with Gasteiger partial charge in [0.05, 0.1) is 18.2 Å². The first-order chi connectivity index (χ1) is 17.1. The highest BCUT2D eigenvalue weighted by atomic mass is 28.4. The number of aliphatic hydroxyl groups is 1. The molecule has 4 atom stereocenters. The summed E-state index contributed by atoms with van der Waals surface area (Å²) in [4.78, 5) is 42.5. The normalized spacial score (nSPS) is 25.7. The Labute approximate surface area is 211 Å². The molecule has 3 aromatic rings. The fraction of sp³-hybridized carbons (Fsp3) is 0.407. The van der Waals surface area contributed by atoms with Gasteiger partial charge in [0.1, 0.15) is 0 Å². The van der Waals surface area contributed by atoms with E-state index in [-0.39, 0.29) is 36.3 Å². The number of carbonyl (C=O) groups excluding carboxylic acids is 2. The fourth-order valence-corrected chi connectivity index (χ4v) is 8.92. The summed E-state index contributed by atoms with van der Waals surface area (Å²) in [7, 11) is -1.01. The molecule has 0 radical (unpaired) electrons. The lowest BCUT2D eigenvalue weighted by Crippen LogP contribution is -2.45. The smallest absolute Gasteiger partial charge is 0.264 e. The number of likely N-dealkylation sites (N-methyl/N-ethyl adjacent to an activating group) is 1. The van der Waals surface area contributed by atoms with Crippen molar-refractivity contribution in [1.82, 2.24) is 4.98 Å². The highest BCUT2D eigenvalue weighted by molar-refractivity contribution is 6.71. The highest BCUT2D eigenvalue weighted by Gasteiger charge is 2.65. The maximum atomic E-state index is 13.7. The van der Waals surface area contributed by atoms with Gasteiger partial charge in [-0.15, -0.1) is 0 Å². The molecule has 0 unspecified atom stereocenters. The number of benzene rings is 2. The van der Waals surface area contributed by atoms with E-state index in [4.69, 9.17) is 4.74 Å². The van der Waals surface area contributed by atoms with Crippen molar-refractivity contribution in [3.8, 4) is 0 Å². The van der Waals surface area contributed by atoms with E-state index >= 15 is 0 Å². The van der Waals surface area contributed by atoms with Crippen LogP contribution in [0.2, 0.25) is 18.6 Å². The largest absolute Gasteiger partial charge is 0.432 e. The van der Waals surface area contributed by atoms with Crippen LogP contribution in [0.1, 0.15) is 24.5 Å². The van der Waals surface area contributed by atoms with Crippen molar-refractivity contribution in [1.29, 1.82) is 0 Å². The standard InChI is InChI=1S/C27H33N3O5Si/c1-16-25(36(3,4)34)23(11-12-31)35-27(16)20-14-18(9-10-22(20)30(2)26(27)33)29-24(32)13-17-15-28-21-8-6-5-7-19(17)21/h5-10,14-16,23,25,28,31,34H,11-13H2,1-4H3,(H,29,32)/t16-,23+,25-,27+/m0/s1. The predicted octanol–water partition coefficient (Wildman–Crippen LogP) is 3.51. The first-order valence-corrected chi connectivity index (χ1v) is 15.4. The number of aliphatic hydroxyl groups excluding tert-OH is 1. The second-order valence-corrected chi connectivity index (χ2v) is 14.5. The maximum Gasteiger partial charge on any atom is 0.264 e. The van der Waals surface area contributed by atoms with Gasteiger partial charge in [0, 0.05) is 53.5 Å². The Morgan fingerprint density at radius 1 is 1.25 bits per heavy atom. The molecule has 8 nitrogen and oxygen atoms in total. The summed E-state index contributed by atoms with van der Waals surface area (Å²) in [6.07, 6.45) is 1.98. The number of aromatic amines is 1. The molecule has 2 aliphatic rings. The number of amides is 2. The lowest BCUT2D eigenvalue weighted by atomic mass is 9.82. The van der Waals surface area contributed by atoms with Gasteiger partial charge in [-0.25, -0.2) is 0 Å². The third-order valence-electron chi connectivity index (χ3n) is 7.84. The average molecular weight is 508 g/mol. The molecule has 2 amide bonds. The van der Waals surface area contributed by atoms with Gasteiger partial charge in [-0.3, -0.25) is 9.59 Å². The molecule has 5 rings (SSSR count). The molecule has 1 fully saturated rings. The number of H-pyrrole nitrogens is 1. The van der Waals surface area contributed by atoms with E-state index in [2.05, 4.69) is 10.3 Å². The van der Waals surface area contributed by atoms with Gasteiger partial charge >= 0.3 is 0 Å². The molecule has 9 heteroatoms. The van der Waals surface area contributed by atoms with Crippen LogP contribution >= 0.6 is 0 Å². The summed E-state index contributed by atoms with van der Waals surface area (Å²) >= 11 is 0. The Morgan fingerprint density at radius 2 is 2.00 bits per heavy atom. The number of para-hydroxylation sites is 1. The summed E-state index contributed by atoms with van der Waals surface area (Å²) in [6, 6.07) is 13.3. The minimum Gasteiger partial charge on any atom is -0.432 e. The Bertz CT molecular complexity index is 1330.